The molecule has 0 spiro atoms. The maximum absolute atomic E-state index is 12.8. The Bertz CT molecular complexity index is 1060. The first-order chi connectivity index (χ1) is 13.9. The Morgan fingerprint density at radius 1 is 1.34 bits per heavy atom. The van der Waals surface area contributed by atoms with Crippen LogP contribution in [0.15, 0.2) is 35.4 Å². The molecule has 0 aliphatic heterocycles. The highest BCUT2D eigenvalue weighted by molar-refractivity contribution is 7.20. The largest absolute Gasteiger partial charge is 0.462 e. The summed E-state index contributed by atoms with van der Waals surface area (Å²) in [6.45, 7) is 4.10. The van der Waals surface area contributed by atoms with Gasteiger partial charge in [0.15, 0.2) is 0 Å². The summed E-state index contributed by atoms with van der Waals surface area (Å²) in [6.07, 6.45) is 0.487. The fourth-order valence-corrected chi connectivity index (χ4v) is 4.01. The number of thiophene rings is 1. The SMILES string of the molecule is CCOC(=O)c1sc2ncn(CC(O)COCc3ccc(Cl)cc3)c(=O)c2c1C. The summed E-state index contributed by atoms with van der Waals surface area (Å²) in [4.78, 5) is 30.0. The molecule has 0 fully saturated rings. The van der Waals surface area contributed by atoms with Gasteiger partial charge in [-0.1, -0.05) is 23.7 Å². The number of esters is 1. The van der Waals surface area contributed by atoms with Crippen molar-refractivity contribution >= 4 is 39.1 Å². The van der Waals surface area contributed by atoms with Gasteiger partial charge in [0.2, 0.25) is 0 Å². The molecule has 1 N–H and O–H groups in total. The molecule has 3 aromatic rings. The number of aryl methyl sites for hydroxylation is 1. The van der Waals surface area contributed by atoms with Gasteiger partial charge in [-0.2, -0.15) is 0 Å². The van der Waals surface area contributed by atoms with Crippen molar-refractivity contribution < 1.29 is 19.4 Å². The Kier molecular flexibility index (Phi) is 7.02. The zero-order valence-electron chi connectivity index (χ0n) is 16.1. The zero-order chi connectivity index (χ0) is 21.0. The highest BCUT2D eigenvalue weighted by Gasteiger charge is 2.20. The monoisotopic (exact) mass is 436 g/mol. The maximum atomic E-state index is 12.8. The number of halogens is 1. The molecule has 1 atom stereocenters. The number of hydrogen-bond donors (Lipinski definition) is 1. The van der Waals surface area contributed by atoms with Crippen LogP contribution in [0.2, 0.25) is 5.02 Å². The Morgan fingerprint density at radius 3 is 2.76 bits per heavy atom. The Hall–Kier alpha value is -2.26. The van der Waals surface area contributed by atoms with Crippen molar-refractivity contribution in [3.63, 3.8) is 0 Å². The van der Waals surface area contributed by atoms with Gasteiger partial charge in [-0.3, -0.25) is 9.36 Å². The van der Waals surface area contributed by atoms with Gasteiger partial charge in [-0.05, 0) is 37.1 Å². The van der Waals surface area contributed by atoms with E-state index >= 15 is 0 Å². The second-order valence-electron chi connectivity index (χ2n) is 6.45. The molecule has 154 valence electrons. The molecule has 0 saturated heterocycles. The summed E-state index contributed by atoms with van der Waals surface area (Å²) >= 11 is 6.97. The highest BCUT2D eigenvalue weighted by atomic mass is 35.5. The van der Waals surface area contributed by atoms with Crippen LogP contribution in [0.4, 0.5) is 0 Å². The third kappa shape index (κ3) is 5.02. The van der Waals surface area contributed by atoms with Crippen molar-refractivity contribution in [2.45, 2.75) is 33.1 Å². The van der Waals surface area contributed by atoms with E-state index in [4.69, 9.17) is 21.1 Å². The third-order valence-electron chi connectivity index (χ3n) is 4.28. The van der Waals surface area contributed by atoms with Crippen LogP contribution in [0.1, 0.15) is 27.7 Å². The number of aliphatic hydroxyl groups excluding tert-OH is 1. The van der Waals surface area contributed by atoms with E-state index in [0.717, 1.165) is 16.9 Å². The first kappa shape index (κ1) is 21.4. The van der Waals surface area contributed by atoms with Crippen LogP contribution in [0.5, 0.6) is 0 Å². The highest BCUT2D eigenvalue weighted by Crippen LogP contribution is 2.27. The number of benzene rings is 1. The fourth-order valence-electron chi connectivity index (χ4n) is 2.85. The average molecular weight is 437 g/mol. The van der Waals surface area contributed by atoms with Gasteiger partial charge in [0.25, 0.3) is 5.56 Å². The Labute approximate surface area is 176 Å². The molecule has 2 aromatic heterocycles. The minimum absolute atomic E-state index is 0.0341. The Balaban J connectivity index is 1.68. The number of rotatable bonds is 8. The molecule has 0 radical (unpaired) electrons. The van der Waals surface area contributed by atoms with Gasteiger partial charge in [0, 0.05) is 5.02 Å². The molecule has 7 nitrogen and oxygen atoms in total. The van der Waals surface area contributed by atoms with Crippen molar-refractivity contribution in [2.75, 3.05) is 13.2 Å². The second-order valence-corrected chi connectivity index (χ2v) is 7.89. The van der Waals surface area contributed by atoms with E-state index in [-0.39, 0.29) is 25.3 Å². The first-order valence-electron chi connectivity index (χ1n) is 9.06. The van der Waals surface area contributed by atoms with E-state index in [2.05, 4.69) is 4.98 Å². The molecule has 9 heteroatoms. The summed E-state index contributed by atoms with van der Waals surface area (Å²) in [7, 11) is 0. The molecule has 0 saturated carbocycles. The summed E-state index contributed by atoms with van der Waals surface area (Å²) in [5, 5.41) is 11.3. The van der Waals surface area contributed by atoms with Crippen molar-refractivity contribution in [3.05, 3.63) is 62.0 Å². The Morgan fingerprint density at radius 2 is 2.07 bits per heavy atom. The molecular formula is C20H21ClN2O5S. The van der Waals surface area contributed by atoms with E-state index < -0.39 is 12.1 Å². The van der Waals surface area contributed by atoms with Crippen LogP contribution in [-0.2, 0) is 22.6 Å². The number of carbonyl (C=O) groups is 1. The third-order valence-corrected chi connectivity index (χ3v) is 5.71. The number of ether oxygens (including phenoxy) is 2. The molecule has 29 heavy (non-hydrogen) atoms. The lowest BCUT2D eigenvalue weighted by molar-refractivity contribution is 0.0198. The van der Waals surface area contributed by atoms with Gasteiger partial charge in [0.1, 0.15) is 9.71 Å². The van der Waals surface area contributed by atoms with E-state index in [0.29, 0.717) is 32.3 Å². The normalized spacial score (nSPS) is 12.3. The summed E-state index contributed by atoms with van der Waals surface area (Å²) in [5.41, 5.74) is 1.17. The summed E-state index contributed by atoms with van der Waals surface area (Å²) in [6, 6.07) is 7.23. The molecule has 0 bridgehead atoms. The van der Waals surface area contributed by atoms with Crippen LogP contribution >= 0.6 is 22.9 Å². The molecule has 0 aliphatic carbocycles. The predicted octanol–water partition coefficient (Wildman–Crippen LogP) is 3.17. The fraction of sp³-hybridized carbons (Fsp3) is 0.350. The minimum Gasteiger partial charge on any atom is -0.462 e. The lowest BCUT2D eigenvalue weighted by atomic mass is 10.2. The van der Waals surface area contributed by atoms with Crippen molar-refractivity contribution in [3.8, 4) is 0 Å². The topological polar surface area (TPSA) is 90.7 Å². The van der Waals surface area contributed by atoms with E-state index in [1.807, 2.05) is 12.1 Å². The summed E-state index contributed by atoms with van der Waals surface area (Å²) < 4.78 is 11.9. The average Bonchev–Trinajstić information content (AvgIpc) is 3.03. The number of aromatic nitrogens is 2. The van der Waals surface area contributed by atoms with E-state index in [1.54, 1.807) is 26.0 Å². The lowest BCUT2D eigenvalue weighted by Crippen LogP contribution is -2.29. The lowest BCUT2D eigenvalue weighted by Gasteiger charge is -2.13. The standard InChI is InChI=1S/C20H21ClN2O5S/c1-3-28-20(26)17-12(2)16-18(29-17)22-11-23(19(16)25)8-15(24)10-27-9-13-4-6-14(21)7-5-13/h4-7,11,15,24H,3,8-10H2,1-2H3. The number of hydrogen-bond acceptors (Lipinski definition) is 7. The molecular weight excluding hydrogens is 416 g/mol. The number of aliphatic hydroxyl groups is 1. The van der Waals surface area contributed by atoms with Crippen LogP contribution in [0.3, 0.4) is 0 Å². The number of carbonyl (C=O) groups excluding carboxylic acids is 1. The van der Waals surface area contributed by atoms with Gasteiger partial charge >= 0.3 is 5.97 Å². The zero-order valence-corrected chi connectivity index (χ0v) is 17.6. The van der Waals surface area contributed by atoms with E-state index in [1.165, 1.54) is 10.9 Å². The predicted molar refractivity (Wildman–Crippen MR) is 112 cm³/mol. The molecule has 0 aliphatic rings. The van der Waals surface area contributed by atoms with Gasteiger partial charge in [-0.15, -0.1) is 11.3 Å². The van der Waals surface area contributed by atoms with Gasteiger partial charge in [0.05, 0.1) is 44.2 Å². The van der Waals surface area contributed by atoms with E-state index in [9.17, 15) is 14.7 Å². The molecule has 3 rings (SSSR count). The van der Waals surface area contributed by atoms with Crippen LogP contribution < -0.4 is 5.56 Å². The summed E-state index contributed by atoms with van der Waals surface area (Å²) in [5.74, 6) is -0.463. The molecule has 1 unspecified atom stereocenters. The van der Waals surface area contributed by atoms with Crippen LogP contribution in [0, 0.1) is 6.92 Å². The van der Waals surface area contributed by atoms with Crippen molar-refractivity contribution in [1.29, 1.82) is 0 Å². The smallest absolute Gasteiger partial charge is 0.348 e. The van der Waals surface area contributed by atoms with Crippen LogP contribution in [0.25, 0.3) is 10.2 Å². The molecule has 1 aromatic carbocycles. The molecule has 2 heterocycles. The quantitative estimate of drug-likeness (QED) is 0.545. The number of nitrogens with zero attached hydrogens (tertiary/aromatic N) is 2. The maximum Gasteiger partial charge on any atom is 0.348 e. The van der Waals surface area contributed by atoms with Gasteiger partial charge in [-0.25, -0.2) is 9.78 Å². The number of fused-ring (bicyclic) bond motifs is 1. The minimum atomic E-state index is -0.886. The second kappa shape index (κ2) is 9.49. The first-order valence-corrected chi connectivity index (χ1v) is 10.3. The van der Waals surface area contributed by atoms with Gasteiger partial charge < -0.3 is 14.6 Å². The molecule has 0 amide bonds. The van der Waals surface area contributed by atoms with Crippen molar-refractivity contribution in [2.24, 2.45) is 0 Å². The van der Waals surface area contributed by atoms with Crippen LogP contribution in [-0.4, -0.2) is 39.9 Å². The van der Waals surface area contributed by atoms with Crippen molar-refractivity contribution in [1.82, 2.24) is 9.55 Å².